The standard InChI is InChI=1S/C17H24N4OS2/c1-6-7-18-16-20-21-17(24-16)23-13(5)15(22)19-14-11(3)8-10(2)9-12(14)4/h8-9,13H,6-7H2,1-5H3,(H,18,20)(H,19,22)/t13-/m1/s1. The van der Waals surface area contributed by atoms with Gasteiger partial charge >= 0.3 is 0 Å². The van der Waals surface area contributed by atoms with Crippen molar-refractivity contribution in [3.05, 3.63) is 28.8 Å². The van der Waals surface area contributed by atoms with Crippen LogP contribution in [0.2, 0.25) is 0 Å². The lowest BCUT2D eigenvalue weighted by molar-refractivity contribution is -0.115. The Balaban J connectivity index is 1.99. The van der Waals surface area contributed by atoms with Gasteiger partial charge < -0.3 is 10.6 Å². The van der Waals surface area contributed by atoms with E-state index >= 15 is 0 Å². The number of nitrogens with zero attached hydrogens (tertiary/aromatic N) is 2. The van der Waals surface area contributed by atoms with Gasteiger partial charge in [0.25, 0.3) is 0 Å². The highest BCUT2D eigenvalue weighted by Gasteiger charge is 2.18. The van der Waals surface area contributed by atoms with E-state index in [-0.39, 0.29) is 11.2 Å². The topological polar surface area (TPSA) is 66.9 Å². The monoisotopic (exact) mass is 364 g/mol. The molecule has 0 saturated heterocycles. The van der Waals surface area contributed by atoms with Crippen molar-refractivity contribution in [2.75, 3.05) is 17.2 Å². The Hall–Kier alpha value is -1.60. The number of rotatable bonds is 7. The summed E-state index contributed by atoms with van der Waals surface area (Å²) in [5, 5.41) is 15.0. The lowest BCUT2D eigenvalue weighted by atomic mass is 10.1. The number of benzene rings is 1. The zero-order chi connectivity index (χ0) is 17.7. The van der Waals surface area contributed by atoms with Gasteiger partial charge in [-0.25, -0.2) is 0 Å². The molecule has 5 nitrogen and oxygen atoms in total. The molecule has 0 spiro atoms. The van der Waals surface area contributed by atoms with Crippen molar-refractivity contribution in [3.63, 3.8) is 0 Å². The number of aryl methyl sites for hydroxylation is 3. The van der Waals surface area contributed by atoms with Crippen LogP contribution < -0.4 is 10.6 Å². The van der Waals surface area contributed by atoms with E-state index in [1.54, 1.807) is 0 Å². The van der Waals surface area contributed by atoms with Crippen LogP contribution in [-0.2, 0) is 4.79 Å². The van der Waals surface area contributed by atoms with Crippen LogP contribution in [0.3, 0.4) is 0 Å². The molecule has 2 aromatic rings. The van der Waals surface area contributed by atoms with Crippen LogP contribution in [0.4, 0.5) is 10.8 Å². The molecule has 0 saturated carbocycles. The number of amides is 1. The highest BCUT2D eigenvalue weighted by molar-refractivity contribution is 8.02. The minimum absolute atomic E-state index is 0.0201. The summed E-state index contributed by atoms with van der Waals surface area (Å²) in [6, 6.07) is 4.16. The van der Waals surface area contributed by atoms with E-state index < -0.39 is 0 Å². The molecule has 2 N–H and O–H groups in total. The number of thioether (sulfide) groups is 1. The first-order valence-electron chi connectivity index (χ1n) is 8.03. The molecule has 2 rings (SSSR count). The molecule has 0 unspecified atom stereocenters. The minimum Gasteiger partial charge on any atom is -0.360 e. The molecule has 0 aliphatic heterocycles. The number of hydrogen-bond acceptors (Lipinski definition) is 6. The van der Waals surface area contributed by atoms with Gasteiger partial charge in [0.05, 0.1) is 5.25 Å². The van der Waals surface area contributed by atoms with Crippen LogP contribution in [0.1, 0.15) is 37.0 Å². The Bertz CT molecular complexity index is 691. The zero-order valence-electron chi connectivity index (χ0n) is 14.8. The Kier molecular flexibility index (Phi) is 6.62. The lowest BCUT2D eigenvalue weighted by Gasteiger charge is -2.15. The summed E-state index contributed by atoms with van der Waals surface area (Å²) in [7, 11) is 0. The van der Waals surface area contributed by atoms with E-state index in [1.807, 2.05) is 20.8 Å². The summed E-state index contributed by atoms with van der Waals surface area (Å²) < 4.78 is 0.800. The van der Waals surface area contributed by atoms with Crippen molar-refractivity contribution in [3.8, 4) is 0 Å². The second-order valence-electron chi connectivity index (χ2n) is 5.82. The Morgan fingerprint density at radius 1 is 1.25 bits per heavy atom. The van der Waals surface area contributed by atoms with E-state index in [0.29, 0.717) is 0 Å². The van der Waals surface area contributed by atoms with Gasteiger partial charge in [-0.1, -0.05) is 47.7 Å². The van der Waals surface area contributed by atoms with Gasteiger partial charge in [0.1, 0.15) is 0 Å². The summed E-state index contributed by atoms with van der Waals surface area (Å²) >= 11 is 2.92. The van der Waals surface area contributed by atoms with Gasteiger partial charge in [0.15, 0.2) is 4.34 Å². The smallest absolute Gasteiger partial charge is 0.237 e. The van der Waals surface area contributed by atoms with Crippen molar-refractivity contribution in [1.82, 2.24) is 10.2 Å². The molecule has 0 aliphatic rings. The van der Waals surface area contributed by atoms with Crippen molar-refractivity contribution in [2.24, 2.45) is 0 Å². The molecule has 24 heavy (non-hydrogen) atoms. The summed E-state index contributed by atoms with van der Waals surface area (Å²) in [5.41, 5.74) is 4.27. The number of carbonyl (C=O) groups excluding carboxylic acids is 1. The van der Waals surface area contributed by atoms with Gasteiger partial charge in [-0.2, -0.15) is 0 Å². The van der Waals surface area contributed by atoms with E-state index in [0.717, 1.165) is 39.3 Å². The van der Waals surface area contributed by atoms with Gasteiger partial charge in [0, 0.05) is 12.2 Å². The molecule has 1 amide bonds. The molecule has 0 bridgehead atoms. The maximum atomic E-state index is 12.5. The molecular formula is C17H24N4OS2. The second-order valence-corrected chi connectivity index (χ2v) is 8.39. The Morgan fingerprint density at radius 2 is 1.92 bits per heavy atom. The van der Waals surface area contributed by atoms with Gasteiger partial charge in [0.2, 0.25) is 11.0 Å². The normalized spacial score (nSPS) is 12.0. The third kappa shape index (κ3) is 4.95. The third-order valence-electron chi connectivity index (χ3n) is 3.50. The average Bonchev–Trinajstić information content (AvgIpc) is 2.95. The van der Waals surface area contributed by atoms with Gasteiger partial charge in [-0.3, -0.25) is 4.79 Å². The SMILES string of the molecule is CCCNc1nnc(S[C@H](C)C(=O)Nc2c(C)cc(C)cc2C)s1. The minimum atomic E-state index is -0.239. The van der Waals surface area contributed by atoms with Crippen LogP contribution >= 0.6 is 23.1 Å². The van der Waals surface area contributed by atoms with E-state index in [2.05, 4.69) is 46.8 Å². The maximum absolute atomic E-state index is 12.5. The molecule has 0 fully saturated rings. The highest BCUT2D eigenvalue weighted by atomic mass is 32.2. The molecule has 130 valence electrons. The molecule has 1 atom stereocenters. The zero-order valence-corrected chi connectivity index (χ0v) is 16.4. The summed E-state index contributed by atoms with van der Waals surface area (Å²) in [6.45, 7) is 11.0. The van der Waals surface area contributed by atoms with E-state index in [1.165, 1.54) is 28.7 Å². The van der Waals surface area contributed by atoms with Crippen LogP contribution in [0.15, 0.2) is 16.5 Å². The molecule has 1 aromatic heterocycles. The van der Waals surface area contributed by atoms with Crippen molar-refractivity contribution >= 4 is 39.8 Å². The lowest BCUT2D eigenvalue weighted by Crippen LogP contribution is -2.23. The van der Waals surface area contributed by atoms with Gasteiger partial charge in [-0.05, 0) is 45.2 Å². The highest BCUT2D eigenvalue weighted by Crippen LogP contribution is 2.30. The summed E-state index contributed by atoms with van der Waals surface area (Å²) in [6.07, 6.45) is 1.04. The fourth-order valence-corrected chi connectivity index (χ4v) is 4.29. The fraction of sp³-hybridized carbons (Fsp3) is 0.471. The predicted octanol–water partition coefficient (Wildman–Crippen LogP) is 4.40. The quantitative estimate of drug-likeness (QED) is 0.713. The maximum Gasteiger partial charge on any atom is 0.237 e. The fourth-order valence-electron chi connectivity index (χ4n) is 2.37. The largest absolute Gasteiger partial charge is 0.360 e. The Labute approximate surface area is 151 Å². The van der Waals surface area contributed by atoms with Crippen molar-refractivity contribution < 1.29 is 4.79 Å². The van der Waals surface area contributed by atoms with Crippen molar-refractivity contribution in [1.29, 1.82) is 0 Å². The summed E-state index contributed by atoms with van der Waals surface area (Å²) in [4.78, 5) is 12.5. The second kappa shape index (κ2) is 8.48. The number of carbonyl (C=O) groups is 1. The number of hydrogen-bond donors (Lipinski definition) is 2. The predicted molar refractivity (Wildman–Crippen MR) is 103 cm³/mol. The Morgan fingerprint density at radius 3 is 2.54 bits per heavy atom. The third-order valence-corrected chi connectivity index (χ3v) is 5.57. The first kappa shape index (κ1) is 18.7. The molecule has 0 radical (unpaired) electrons. The van der Waals surface area contributed by atoms with Crippen LogP contribution in [-0.4, -0.2) is 27.9 Å². The van der Waals surface area contributed by atoms with Crippen LogP contribution in [0.5, 0.6) is 0 Å². The molecular weight excluding hydrogens is 340 g/mol. The first-order valence-corrected chi connectivity index (χ1v) is 9.73. The molecule has 0 aliphatic carbocycles. The van der Waals surface area contributed by atoms with Gasteiger partial charge in [-0.15, -0.1) is 10.2 Å². The van der Waals surface area contributed by atoms with E-state index in [9.17, 15) is 4.79 Å². The number of aromatic nitrogens is 2. The van der Waals surface area contributed by atoms with Crippen LogP contribution in [0.25, 0.3) is 0 Å². The summed E-state index contributed by atoms with van der Waals surface area (Å²) in [5.74, 6) is -0.0201. The molecule has 1 heterocycles. The molecule has 1 aromatic carbocycles. The first-order chi connectivity index (χ1) is 11.4. The average molecular weight is 365 g/mol. The number of anilines is 2. The van der Waals surface area contributed by atoms with E-state index in [4.69, 9.17) is 0 Å². The molecule has 7 heteroatoms. The van der Waals surface area contributed by atoms with Crippen LogP contribution in [0, 0.1) is 20.8 Å². The van der Waals surface area contributed by atoms with Crippen molar-refractivity contribution in [2.45, 2.75) is 50.6 Å². The number of nitrogens with one attached hydrogen (secondary N) is 2.